The Morgan fingerprint density at radius 1 is 1.23 bits per heavy atom. The lowest BCUT2D eigenvalue weighted by molar-refractivity contribution is -0.141. The number of imidazole rings is 1. The molecule has 2 aromatic heterocycles. The number of rotatable bonds is 5. The Bertz CT molecular complexity index is 980. The van der Waals surface area contributed by atoms with E-state index >= 15 is 0 Å². The summed E-state index contributed by atoms with van der Waals surface area (Å²) in [5.74, 6) is 2.32. The summed E-state index contributed by atoms with van der Waals surface area (Å²) in [6.45, 7) is 6.42. The van der Waals surface area contributed by atoms with E-state index in [0.29, 0.717) is 24.1 Å². The molecule has 1 amide bonds. The predicted octanol–water partition coefficient (Wildman–Crippen LogP) is 3.68. The monoisotopic (exact) mass is 436 g/mol. The first-order valence-corrected chi connectivity index (χ1v) is 10.5. The minimum Gasteiger partial charge on any atom is -0.346 e. The summed E-state index contributed by atoms with van der Waals surface area (Å²) in [5.41, 5.74) is 0.564. The van der Waals surface area contributed by atoms with Crippen LogP contribution in [0.5, 0.6) is 0 Å². The number of hydrogen-bond donors (Lipinski definition) is 1. The highest BCUT2D eigenvalue weighted by molar-refractivity contribution is 6.03. The first-order chi connectivity index (χ1) is 14.5. The molecule has 0 bridgehead atoms. The van der Waals surface area contributed by atoms with E-state index < -0.39 is 11.9 Å². The van der Waals surface area contributed by atoms with E-state index in [4.69, 9.17) is 4.98 Å². The summed E-state index contributed by atoms with van der Waals surface area (Å²) in [6.07, 6.45) is 0.465. The van der Waals surface area contributed by atoms with Gasteiger partial charge in [0.15, 0.2) is 11.5 Å². The molecule has 3 heterocycles. The first kappa shape index (κ1) is 21.6. The SMILES string of the molecule is Cc1nc(CC2CC(Cn3cnc(C(F)(F)F)c3)C2)nc2c1NC(=O)[C@H](C(C)C)N2C. The molecule has 0 spiro atoms. The molecule has 0 radical (unpaired) electrons. The normalized spacial score (nSPS) is 23.5. The Balaban J connectivity index is 1.39. The molecule has 168 valence electrons. The van der Waals surface area contributed by atoms with Crippen LogP contribution in [0.3, 0.4) is 0 Å². The number of halogens is 3. The molecule has 0 aromatic carbocycles. The van der Waals surface area contributed by atoms with Crippen molar-refractivity contribution in [2.24, 2.45) is 17.8 Å². The molecule has 31 heavy (non-hydrogen) atoms. The largest absolute Gasteiger partial charge is 0.434 e. The van der Waals surface area contributed by atoms with Gasteiger partial charge in [-0.15, -0.1) is 0 Å². The van der Waals surface area contributed by atoms with Gasteiger partial charge in [0.2, 0.25) is 5.91 Å². The van der Waals surface area contributed by atoms with Crippen LogP contribution < -0.4 is 10.2 Å². The number of aryl methyl sites for hydroxylation is 1. The van der Waals surface area contributed by atoms with Crippen LogP contribution in [0.25, 0.3) is 0 Å². The maximum Gasteiger partial charge on any atom is 0.434 e. The van der Waals surface area contributed by atoms with Crippen LogP contribution in [-0.4, -0.2) is 38.5 Å². The molecule has 1 fully saturated rings. The van der Waals surface area contributed by atoms with Gasteiger partial charge in [0.25, 0.3) is 0 Å². The van der Waals surface area contributed by atoms with Crippen LogP contribution in [0.1, 0.15) is 43.9 Å². The van der Waals surface area contributed by atoms with E-state index in [1.54, 1.807) is 0 Å². The number of carbonyl (C=O) groups excluding carboxylic acids is 1. The minimum absolute atomic E-state index is 0.0422. The van der Waals surface area contributed by atoms with Crippen LogP contribution in [0.4, 0.5) is 24.7 Å². The summed E-state index contributed by atoms with van der Waals surface area (Å²) < 4.78 is 39.6. The van der Waals surface area contributed by atoms with Crippen molar-refractivity contribution >= 4 is 17.4 Å². The van der Waals surface area contributed by atoms with Crippen molar-refractivity contribution in [3.05, 3.63) is 29.7 Å². The zero-order chi connectivity index (χ0) is 22.5. The van der Waals surface area contributed by atoms with Crippen molar-refractivity contribution in [3.63, 3.8) is 0 Å². The maximum absolute atomic E-state index is 12.7. The van der Waals surface area contributed by atoms with E-state index in [1.165, 1.54) is 10.9 Å². The van der Waals surface area contributed by atoms with Crippen LogP contribution in [-0.2, 0) is 23.9 Å². The number of nitrogens with one attached hydrogen (secondary N) is 1. The fourth-order valence-corrected chi connectivity index (χ4v) is 4.71. The summed E-state index contributed by atoms with van der Waals surface area (Å²) in [4.78, 5) is 27.2. The second kappa shape index (κ2) is 7.80. The standard InChI is InChI=1S/C21H27F3N6O/c1-11(2)18-20(31)28-17-12(3)26-16(27-19(17)29(18)4)7-13-5-14(6-13)8-30-9-15(25-10-30)21(22,23)24/h9-11,13-14,18H,5-8H2,1-4H3,(H,28,31)/t13?,14?,18-/m0/s1. The fraction of sp³-hybridized carbons (Fsp3) is 0.619. The summed E-state index contributed by atoms with van der Waals surface area (Å²) in [7, 11) is 1.89. The smallest absolute Gasteiger partial charge is 0.346 e. The van der Waals surface area contributed by atoms with Crippen molar-refractivity contribution in [2.75, 3.05) is 17.3 Å². The first-order valence-electron chi connectivity index (χ1n) is 10.5. The van der Waals surface area contributed by atoms with Crippen molar-refractivity contribution in [3.8, 4) is 0 Å². The quantitative estimate of drug-likeness (QED) is 0.774. The summed E-state index contributed by atoms with van der Waals surface area (Å²) in [6, 6.07) is -0.278. The van der Waals surface area contributed by atoms with E-state index in [1.807, 2.05) is 32.7 Å². The van der Waals surface area contributed by atoms with Crippen LogP contribution in [0.15, 0.2) is 12.5 Å². The minimum atomic E-state index is -4.41. The number of alkyl halides is 3. The maximum atomic E-state index is 12.7. The molecule has 0 saturated heterocycles. The molecule has 1 aliphatic heterocycles. The summed E-state index contributed by atoms with van der Waals surface area (Å²) >= 11 is 0. The third-order valence-electron chi connectivity index (χ3n) is 6.21. The van der Waals surface area contributed by atoms with Gasteiger partial charge in [0, 0.05) is 26.2 Å². The van der Waals surface area contributed by atoms with Crippen molar-refractivity contribution in [2.45, 2.75) is 58.8 Å². The van der Waals surface area contributed by atoms with Gasteiger partial charge < -0.3 is 14.8 Å². The third kappa shape index (κ3) is 4.24. The average molecular weight is 436 g/mol. The van der Waals surface area contributed by atoms with Gasteiger partial charge in [-0.2, -0.15) is 13.2 Å². The lowest BCUT2D eigenvalue weighted by Gasteiger charge is -2.38. The number of likely N-dealkylation sites (N-methyl/N-ethyl adjacent to an activating group) is 1. The van der Waals surface area contributed by atoms with Gasteiger partial charge in [0.05, 0.1) is 12.0 Å². The molecule has 10 heteroatoms. The number of aromatic nitrogens is 4. The number of nitrogens with zero attached hydrogens (tertiary/aromatic N) is 5. The molecule has 1 aliphatic carbocycles. The van der Waals surface area contributed by atoms with Crippen molar-refractivity contribution in [1.82, 2.24) is 19.5 Å². The Morgan fingerprint density at radius 3 is 2.55 bits per heavy atom. The van der Waals surface area contributed by atoms with Gasteiger partial charge in [-0.3, -0.25) is 4.79 Å². The number of anilines is 2. The fourth-order valence-electron chi connectivity index (χ4n) is 4.71. The molecule has 2 aliphatic rings. The number of amides is 1. The second-order valence-corrected chi connectivity index (χ2v) is 9.07. The third-order valence-corrected chi connectivity index (χ3v) is 6.21. The molecular weight excluding hydrogens is 409 g/mol. The Morgan fingerprint density at radius 2 is 1.94 bits per heavy atom. The number of fused-ring (bicyclic) bond motifs is 1. The van der Waals surface area contributed by atoms with Crippen LogP contribution >= 0.6 is 0 Å². The lowest BCUT2D eigenvalue weighted by Crippen LogP contribution is -2.49. The van der Waals surface area contributed by atoms with Gasteiger partial charge in [-0.05, 0) is 37.5 Å². The van der Waals surface area contributed by atoms with E-state index in [0.717, 1.165) is 42.8 Å². The molecule has 2 aromatic rings. The Kier molecular flexibility index (Phi) is 5.43. The topological polar surface area (TPSA) is 75.9 Å². The molecule has 1 saturated carbocycles. The zero-order valence-corrected chi connectivity index (χ0v) is 18.1. The highest BCUT2D eigenvalue weighted by Gasteiger charge is 2.37. The molecule has 0 unspecified atom stereocenters. The summed E-state index contributed by atoms with van der Waals surface area (Å²) in [5, 5.41) is 2.95. The highest BCUT2D eigenvalue weighted by Crippen LogP contribution is 2.39. The second-order valence-electron chi connectivity index (χ2n) is 9.07. The van der Waals surface area contributed by atoms with Gasteiger partial charge >= 0.3 is 6.18 Å². The van der Waals surface area contributed by atoms with Gasteiger partial charge in [-0.1, -0.05) is 13.8 Å². The molecular formula is C21H27F3N6O. The van der Waals surface area contributed by atoms with Crippen molar-refractivity contribution in [1.29, 1.82) is 0 Å². The molecule has 1 atom stereocenters. The number of hydrogen-bond acceptors (Lipinski definition) is 5. The molecule has 4 rings (SSSR count). The zero-order valence-electron chi connectivity index (χ0n) is 18.1. The number of carbonyl (C=O) groups is 1. The lowest BCUT2D eigenvalue weighted by atomic mass is 9.73. The Labute approximate surface area is 179 Å². The van der Waals surface area contributed by atoms with Gasteiger partial charge in [0.1, 0.15) is 17.6 Å². The molecule has 1 N–H and O–H groups in total. The van der Waals surface area contributed by atoms with Crippen LogP contribution in [0.2, 0.25) is 0 Å². The van der Waals surface area contributed by atoms with E-state index in [-0.39, 0.29) is 17.9 Å². The predicted molar refractivity (Wildman–Crippen MR) is 110 cm³/mol. The van der Waals surface area contributed by atoms with Gasteiger partial charge in [-0.25, -0.2) is 15.0 Å². The Hall–Kier alpha value is -2.65. The van der Waals surface area contributed by atoms with E-state index in [2.05, 4.69) is 15.3 Å². The molecule has 7 nitrogen and oxygen atoms in total. The van der Waals surface area contributed by atoms with Crippen LogP contribution in [0, 0.1) is 24.7 Å². The van der Waals surface area contributed by atoms with Crippen molar-refractivity contribution < 1.29 is 18.0 Å². The van der Waals surface area contributed by atoms with E-state index in [9.17, 15) is 18.0 Å². The highest BCUT2D eigenvalue weighted by atomic mass is 19.4. The average Bonchev–Trinajstić information content (AvgIpc) is 3.10.